The van der Waals surface area contributed by atoms with Gasteiger partial charge in [-0.1, -0.05) is 6.07 Å². The highest BCUT2D eigenvalue weighted by Crippen LogP contribution is 2.27. The number of nitrogens with zero attached hydrogens (tertiary/aromatic N) is 2. The largest absolute Gasteiger partial charge is 0.399 e. The minimum absolute atomic E-state index is 0.134. The molecule has 1 aliphatic heterocycles. The van der Waals surface area contributed by atoms with Crippen molar-refractivity contribution in [3.05, 3.63) is 52.1 Å². The van der Waals surface area contributed by atoms with E-state index in [0.29, 0.717) is 5.82 Å². The smallest absolute Gasteiger partial charge is 0.252 e. The standard InChI is InChI=1S/C12H12N4O/c13-10-2-1-8-5-16(6-9(8)3-10)11-4-12(17)15-7-14-11/h1-4,7H,5-6,13H2,(H,14,15,17). The zero-order chi connectivity index (χ0) is 11.8. The topological polar surface area (TPSA) is 75.0 Å². The second-order valence-electron chi connectivity index (χ2n) is 4.15. The molecule has 2 heterocycles. The van der Waals surface area contributed by atoms with Crippen LogP contribution < -0.4 is 16.2 Å². The molecule has 0 saturated carbocycles. The Labute approximate surface area is 97.9 Å². The minimum atomic E-state index is -0.134. The molecule has 2 aromatic rings. The van der Waals surface area contributed by atoms with E-state index < -0.39 is 0 Å². The molecule has 0 radical (unpaired) electrons. The van der Waals surface area contributed by atoms with E-state index in [2.05, 4.69) is 14.9 Å². The Morgan fingerprint density at radius 2 is 2.06 bits per heavy atom. The van der Waals surface area contributed by atoms with Crippen LogP contribution in [0.1, 0.15) is 11.1 Å². The van der Waals surface area contributed by atoms with Gasteiger partial charge >= 0.3 is 0 Å². The molecular formula is C12H12N4O. The van der Waals surface area contributed by atoms with Crippen molar-refractivity contribution in [1.29, 1.82) is 0 Å². The van der Waals surface area contributed by atoms with Gasteiger partial charge in [-0.3, -0.25) is 4.79 Å². The van der Waals surface area contributed by atoms with Crippen LogP contribution in [-0.2, 0) is 13.1 Å². The molecule has 17 heavy (non-hydrogen) atoms. The highest BCUT2D eigenvalue weighted by atomic mass is 16.1. The summed E-state index contributed by atoms with van der Waals surface area (Å²) in [6, 6.07) is 7.41. The number of aromatic amines is 1. The maximum atomic E-state index is 11.2. The minimum Gasteiger partial charge on any atom is -0.399 e. The number of hydrogen-bond donors (Lipinski definition) is 2. The predicted octanol–water partition coefficient (Wildman–Crippen LogP) is 0.872. The third-order valence-corrected chi connectivity index (χ3v) is 2.94. The summed E-state index contributed by atoms with van der Waals surface area (Å²) in [5.41, 5.74) is 8.82. The first-order valence-electron chi connectivity index (χ1n) is 5.39. The molecule has 1 aromatic carbocycles. The van der Waals surface area contributed by atoms with Crippen molar-refractivity contribution < 1.29 is 0 Å². The van der Waals surface area contributed by atoms with Crippen LogP contribution in [0.2, 0.25) is 0 Å². The number of nitrogen functional groups attached to an aromatic ring is 1. The van der Waals surface area contributed by atoms with Gasteiger partial charge in [0.05, 0.1) is 6.33 Å². The highest BCUT2D eigenvalue weighted by Gasteiger charge is 2.20. The van der Waals surface area contributed by atoms with Gasteiger partial charge in [-0.2, -0.15) is 0 Å². The predicted molar refractivity (Wildman–Crippen MR) is 65.6 cm³/mol. The van der Waals surface area contributed by atoms with E-state index in [4.69, 9.17) is 5.73 Å². The van der Waals surface area contributed by atoms with Crippen LogP contribution in [-0.4, -0.2) is 9.97 Å². The Bertz CT molecular complexity index is 620. The van der Waals surface area contributed by atoms with Gasteiger partial charge in [0.1, 0.15) is 5.82 Å². The third-order valence-electron chi connectivity index (χ3n) is 2.94. The van der Waals surface area contributed by atoms with Crippen molar-refractivity contribution in [3.63, 3.8) is 0 Å². The second-order valence-corrected chi connectivity index (χ2v) is 4.15. The average Bonchev–Trinajstić information content (AvgIpc) is 2.72. The molecule has 0 saturated heterocycles. The maximum Gasteiger partial charge on any atom is 0.252 e. The number of aromatic nitrogens is 2. The number of fused-ring (bicyclic) bond motifs is 1. The van der Waals surface area contributed by atoms with Crippen LogP contribution >= 0.6 is 0 Å². The Balaban J connectivity index is 1.94. The van der Waals surface area contributed by atoms with Crippen LogP contribution in [0.5, 0.6) is 0 Å². The molecule has 0 spiro atoms. The normalized spacial score (nSPS) is 13.8. The molecule has 0 fully saturated rings. The number of benzene rings is 1. The van der Waals surface area contributed by atoms with Gasteiger partial charge in [-0.15, -0.1) is 0 Å². The quantitative estimate of drug-likeness (QED) is 0.710. The number of nitrogens with one attached hydrogen (secondary N) is 1. The molecule has 86 valence electrons. The molecule has 3 N–H and O–H groups in total. The van der Waals surface area contributed by atoms with Crippen molar-refractivity contribution in [2.75, 3.05) is 10.6 Å². The van der Waals surface area contributed by atoms with E-state index >= 15 is 0 Å². The number of rotatable bonds is 1. The molecule has 0 atom stereocenters. The first-order chi connectivity index (χ1) is 8.22. The Morgan fingerprint density at radius 3 is 2.88 bits per heavy atom. The summed E-state index contributed by atoms with van der Waals surface area (Å²) in [7, 11) is 0. The Hall–Kier alpha value is -2.30. The summed E-state index contributed by atoms with van der Waals surface area (Å²) < 4.78 is 0. The SMILES string of the molecule is Nc1ccc2c(c1)CN(c1cc(=O)[nH]cn1)C2. The Kier molecular flexibility index (Phi) is 2.11. The summed E-state index contributed by atoms with van der Waals surface area (Å²) >= 11 is 0. The molecule has 0 aliphatic carbocycles. The molecule has 0 unspecified atom stereocenters. The summed E-state index contributed by atoms with van der Waals surface area (Å²) in [5, 5.41) is 0. The van der Waals surface area contributed by atoms with Crippen molar-refractivity contribution in [2.45, 2.75) is 13.1 Å². The molecular weight excluding hydrogens is 216 g/mol. The van der Waals surface area contributed by atoms with Gasteiger partial charge in [0.25, 0.3) is 5.56 Å². The van der Waals surface area contributed by atoms with Crippen molar-refractivity contribution in [2.24, 2.45) is 0 Å². The average molecular weight is 228 g/mol. The number of hydrogen-bond acceptors (Lipinski definition) is 4. The third kappa shape index (κ3) is 1.75. The maximum absolute atomic E-state index is 11.2. The van der Waals surface area contributed by atoms with Crippen molar-refractivity contribution >= 4 is 11.5 Å². The molecule has 5 nitrogen and oxygen atoms in total. The number of anilines is 2. The lowest BCUT2D eigenvalue weighted by atomic mass is 10.1. The van der Waals surface area contributed by atoms with E-state index in [9.17, 15) is 4.79 Å². The van der Waals surface area contributed by atoms with Crippen LogP contribution in [0.15, 0.2) is 35.4 Å². The number of H-pyrrole nitrogens is 1. The van der Waals surface area contributed by atoms with E-state index in [-0.39, 0.29) is 5.56 Å². The van der Waals surface area contributed by atoms with Gasteiger partial charge in [0, 0.05) is 24.8 Å². The Morgan fingerprint density at radius 1 is 1.24 bits per heavy atom. The summed E-state index contributed by atoms with van der Waals surface area (Å²) in [6.07, 6.45) is 1.43. The van der Waals surface area contributed by atoms with Crippen LogP contribution in [0, 0.1) is 0 Å². The van der Waals surface area contributed by atoms with Gasteiger partial charge < -0.3 is 15.6 Å². The van der Waals surface area contributed by atoms with E-state index in [0.717, 1.165) is 18.8 Å². The zero-order valence-electron chi connectivity index (χ0n) is 9.18. The van der Waals surface area contributed by atoms with Gasteiger partial charge in [-0.05, 0) is 23.3 Å². The summed E-state index contributed by atoms with van der Waals surface area (Å²) in [4.78, 5) is 20.0. The lowest BCUT2D eigenvalue weighted by molar-refractivity contribution is 0.848. The van der Waals surface area contributed by atoms with E-state index in [1.165, 1.54) is 23.5 Å². The molecule has 1 aliphatic rings. The van der Waals surface area contributed by atoms with Crippen LogP contribution in [0.3, 0.4) is 0 Å². The fraction of sp³-hybridized carbons (Fsp3) is 0.167. The fourth-order valence-electron chi connectivity index (χ4n) is 2.11. The highest BCUT2D eigenvalue weighted by molar-refractivity contribution is 5.52. The fourth-order valence-corrected chi connectivity index (χ4v) is 2.11. The lowest BCUT2D eigenvalue weighted by Crippen LogP contribution is -2.18. The molecule has 5 heteroatoms. The van der Waals surface area contributed by atoms with Crippen molar-refractivity contribution in [1.82, 2.24) is 9.97 Å². The lowest BCUT2D eigenvalue weighted by Gasteiger charge is -2.15. The van der Waals surface area contributed by atoms with Gasteiger partial charge in [-0.25, -0.2) is 4.98 Å². The second kappa shape index (κ2) is 3.62. The van der Waals surface area contributed by atoms with Crippen LogP contribution in [0.4, 0.5) is 11.5 Å². The molecule has 3 rings (SSSR count). The summed E-state index contributed by atoms with van der Waals surface area (Å²) in [5.74, 6) is 0.698. The molecule has 0 bridgehead atoms. The first-order valence-corrected chi connectivity index (χ1v) is 5.39. The van der Waals surface area contributed by atoms with Gasteiger partial charge in [0.2, 0.25) is 0 Å². The van der Waals surface area contributed by atoms with Gasteiger partial charge in [0.15, 0.2) is 0 Å². The molecule has 1 aromatic heterocycles. The van der Waals surface area contributed by atoms with E-state index in [1.54, 1.807) is 0 Å². The zero-order valence-corrected chi connectivity index (χ0v) is 9.18. The molecule has 0 amide bonds. The van der Waals surface area contributed by atoms with Crippen molar-refractivity contribution in [3.8, 4) is 0 Å². The first kappa shape index (κ1) is 9.89. The summed E-state index contributed by atoms with van der Waals surface area (Å²) in [6.45, 7) is 1.52. The number of nitrogens with two attached hydrogens (primary N) is 1. The van der Waals surface area contributed by atoms with E-state index in [1.807, 2.05) is 18.2 Å². The monoisotopic (exact) mass is 228 g/mol. The van der Waals surface area contributed by atoms with Crippen LogP contribution in [0.25, 0.3) is 0 Å².